The van der Waals surface area contributed by atoms with Gasteiger partial charge in [-0.3, -0.25) is 13.9 Å². The molecule has 1 N–H and O–H groups in total. The molecule has 0 radical (unpaired) electrons. The second-order valence-electron chi connectivity index (χ2n) is 9.68. The molecule has 40 heavy (non-hydrogen) atoms. The number of benzene rings is 3. The molecule has 214 valence electrons. The van der Waals surface area contributed by atoms with E-state index in [1.807, 2.05) is 52.0 Å². The van der Waals surface area contributed by atoms with E-state index in [9.17, 15) is 22.4 Å². The summed E-state index contributed by atoms with van der Waals surface area (Å²) in [7, 11) is -4.29. The van der Waals surface area contributed by atoms with E-state index in [4.69, 9.17) is 4.74 Å². The molecule has 0 aliphatic rings. The molecule has 0 heterocycles. The largest absolute Gasteiger partial charge is 0.494 e. The van der Waals surface area contributed by atoms with Gasteiger partial charge in [-0.15, -0.1) is 0 Å². The van der Waals surface area contributed by atoms with E-state index in [0.29, 0.717) is 12.4 Å². The minimum absolute atomic E-state index is 0.103. The Morgan fingerprint density at radius 3 is 2.15 bits per heavy atom. The quantitative estimate of drug-likeness (QED) is 0.342. The van der Waals surface area contributed by atoms with Gasteiger partial charge in [0.25, 0.3) is 10.0 Å². The maximum absolute atomic E-state index is 13.9. The van der Waals surface area contributed by atoms with E-state index in [1.165, 1.54) is 4.90 Å². The summed E-state index contributed by atoms with van der Waals surface area (Å²) in [6, 6.07) is 17.2. The minimum Gasteiger partial charge on any atom is -0.494 e. The zero-order valence-corrected chi connectivity index (χ0v) is 24.2. The number of rotatable bonds is 12. The smallest absolute Gasteiger partial charge is 0.264 e. The molecule has 0 spiro atoms. The highest BCUT2D eigenvalue weighted by Crippen LogP contribution is 2.27. The van der Waals surface area contributed by atoms with Gasteiger partial charge in [0.1, 0.15) is 24.2 Å². The third kappa shape index (κ3) is 7.59. The van der Waals surface area contributed by atoms with Crippen molar-refractivity contribution >= 4 is 27.5 Å². The van der Waals surface area contributed by atoms with Crippen molar-refractivity contribution in [3.05, 3.63) is 89.7 Å². The number of amides is 2. The molecule has 0 aromatic heterocycles. The molecule has 8 nitrogen and oxygen atoms in total. The molecule has 0 unspecified atom stereocenters. The molecule has 0 aliphatic carbocycles. The van der Waals surface area contributed by atoms with Gasteiger partial charge in [-0.2, -0.15) is 0 Å². The highest BCUT2D eigenvalue weighted by molar-refractivity contribution is 7.92. The molecule has 1 atom stereocenters. The number of anilines is 1. The number of sulfonamides is 1. The second-order valence-corrected chi connectivity index (χ2v) is 11.5. The normalized spacial score (nSPS) is 12.1. The van der Waals surface area contributed by atoms with E-state index < -0.39 is 34.3 Å². The first-order valence-corrected chi connectivity index (χ1v) is 14.5. The van der Waals surface area contributed by atoms with Gasteiger partial charge >= 0.3 is 0 Å². The van der Waals surface area contributed by atoms with Gasteiger partial charge in [0.15, 0.2) is 0 Å². The van der Waals surface area contributed by atoms with Crippen LogP contribution in [0.25, 0.3) is 0 Å². The molecule has 10 heteroatoms. The van der Waals surface area contributed by atoms with Crippen LogP contribution in [0.1, 0.15) is 38.8 Å². The van der Waals surface area contributed by atoms with Crippen LogP contribution in [0.3, 0.4) is 0 Å². The van der Waals surface area contributed by atoms with Gasteiger partial charge in [0, 0.05) is 12.6 Å². The Hall–Kier alpha value is -3.92. The van der Waals surface area contributed by atoms with Gasteiger partial charge in [-0.1, -0.05) is 24.3 Å². The predicted octanol–water partition coefficient (Wildman–Crippen LogP) is 4.67. The van der Waals surface area contributed by atoms with Crippen molar-refractivity contribution in [2.24, 2.45) is 0 Å². The number of hydrogen-bond donors (Lipinski definition) is 1. The first-order chi connectivity index (χ1) is 18.9. The fourth-order valence-corrected chi connectivity index (χ4v) is 5.51. The summed E-state index contributed by atoms with van der Waals surface area (Å²) < 4.78 is 47.6. The van der Waals surface area contributed by atoms with Crippen molar-refractivity contribution in [2.45, 2.75) is 58.1 Å². The average molecular weight is 570 g/mol. The van der Waals surface area contributed by atoms with E-state index in [2.05, 4.69) is 5.32 Å². The summed E-state index contributed by atoms with van der Waals surface area (Å²) in [6.07, 6.45) is 0. The summed E-state index contributed by atoms with van der Waals surface area (Å²) in [6.45, 7) is 8.94. The summed E-state index contributed by atoms with van der Waals surface area (Å²) >= 11 is 0. The van der Waals surface area contributed by atoms with Crippen LogP contribution in [0.5, 0.6) is 5.75 Å². The third-order valence-electron chi connectivity index (χ3n) is 6.32. The number of ether oxygens (including phenoxy) is 1. The summed E-state index contributed by atoms with van der Waals surface area (Å²) in [5.41, 5.74) is 1.98. The fourth-order valence-electron chi connectivity index (χ4n) is 4.10. The second kappa shape index (κ2) is 13.4. The van der Waals surface area contributed by atoms with Gasteiger partial charge < -0.3 is 15.0 Å². The summed E-state index contributed by atoms with van der Waals surface area (Å²) in [5.74, 6) is -0.978. The lowest BCUT2D eigenvalue weighted by molar-refractivity contribution is -0.139. The molecular formula is C30H36FN3O5S. The average Bonchev–Trinajstić information content (AvgIpc) is 2.91. The van der Waals surface area contributed by atoms with Crippen LogP contribution in [-0.2, 0) is 26.2 Å². The number of nitrogens with one attached hydrogen (secondary N) is 1. The van der Waals surface area contributed by atoms with Crippen LogP contribution >= 0.6 is 0 Å². The molecule has 0 saturated carbocycles. The van der Waals surface area contributed by atoms with E-state index in [-0.39, 0.29) is 29.1 Å². The van der Waals surface area contributed by atoms with E-state index >= 15 is 0 Å². The topological polar surface area (TPSA) is 96.0 Å². The molecule has 3 rings (SSSR count). The number of aryl methyl sites for hydroxylation is 1. The molecule has 2 amide bonds. The number of halogens is 1. The van der Waals surface area contributed by atoms with Crippen molar-refractivity contribution in [1.82, 2.24) is 10.2 Å². The molecule has 3 aromatic rings. The van der Waals surface area contributed by atoms with Crippen LogP contribution in [0, 0.1) is 12.7 Å². The highest BCUT2D eigenvalue weighted by Gasteiger charge is 2.33. The first kappa shape index (κ1) is 30.6. The monoisotopic (exact) mass is 569 g/mol. The molecule has 0 fully saturated rings. The number of nitrogens with zero attached hydrogens (tertiary/aromatic N) is 2. The van der Waals surface area contributed by atoms with Crippen LogP contribution in [0.2, 0.25) is 0 Å². The lowest BCUT2D eigenvalue weighted by Gasteiger charge is -2.32. The first-order valence-electron chi connectivity index (χ1n) is 13.1. The molecule has 0 saturated heterocycles. The van der Waals surface area contributed by atoms with Gasteiger partial charge in [0.2, 0.25) is 11.8 Å². The summed E-state index contributed by atoms with van der Waals surface area (Å²) in [4.78, 5) is 28.1. The fraction of sp³-hybridized carbons (Fsp3) is 0.333. The predicted molar refractivity (Wildman–Crippen MR) is 153 cm³/mol. The molecular weight excluding hydrogens is 533 g/mol. The van der Waals surface area contributed by atoms with Crippen molar-refractivity contribution in [3.8, 4) is 5.75 Å². The standard InChI is InChI=1S/C30H36FN3O5S/c1-6-39-27-15-13-26(14-16-27)34(40(37,38)28-17-11-25(31)12-18-28)20-29(35)33(23(5)30(36)32-21(2)3)19-24-10-8-7-9-22(24)4/h7-18,21,23H,6,19-20H2,1-5H3,(H,32,36)/t23-/m1/s1. The maximum atomic E-state index is 13.9. The van der Waals surface area contributed by atoms with Crippen LogP contribution in [0.15, 0.2) is 77.7 Å². The number of carbonyl (C=O) groups excluding carboxylic acids is 2. The highest BCUT2D eigenvalue weighted by atomic mass is 32.2. The van der Waals surface area contributed by atoms with Crippen LogP contribution in [0.4, 0.5) is 10.1 Å². The summed E-state index contributed by atoms with van der Waals surface area (Å²) in [5, 5.41) is 2.83. The molecule has 0 aliphatic heterocycles. The lowest BCUT2D eigenvalue weighted by atomic mass is 10.1. The van der Waals surface area contributed by atoms with E-state index in [1.54, 1.807) is 31.2 Å². The number of hydrogen-bond acceptors (Lipinski definition) is 5. The van der Waals surface area contributed by atoms with Crippen LogP contribution in [-0.4, -0.2) is 50.4 Å². The Labute approximate surface area is 235 Å². The molecule has 3 aromatic carbocycles. The van der Waals surface area contributed by atoms with Gasteiger partial charge in [0.05, 0.1) is 17.2 Å². The Morgan fingerprint density at radius 1 is 0.950 bits per heavy atom. The van der Waals surface area contributed by atoms with Gasteiger partial charge in [-0.25, -0.2) is 12.8 Å². The van der Waals surface area contributed by atoms with Crippen molar-refractivity contribution in [2.75, 3.05) is 17.5 Å². The Balaban J connectivity index is 2.04. The van der Waals surface area contributed by atoms with Crippen LogP contribution < -0.4 is 14.4 Å². The Kier molecular flexibility index (Phi) is 10.3. The number of carbonyl (C=O) groups is 2. The zero-order chi connectivity index (χ0) is 29.4. The SMILES string of the molecule is CCOc1ccc(N(CC(=O)N(Cc2ccccc2C)[C@H](C)C(=O)NC(C)C)S(=O)(=O)c2ccc(F)cc2)cc1. The maximum Gasteiger partial charge on any atom is 0.264 e. The van der Waals surface area contributed by atoms with E-state index in [0.717, 1.165) is 39.7 Å². The van der Waals surface area contributed by atoms with Gasteiger partial charge in [-0.05, 0) is 94.3 Å². The Bertz CT molecular complexity index is 1410. The van der Waals surface area contributed by atoms with Crippen molar-refractivity contribution in [3.63, 3.8) is 0 Å². The van der Waals surface area contributed by atoms with Crippen molar-refractivity contribution < 1.29 is 27.1 Å². The molecule has 0 bridgehead atoms. The minimum atomic E-state index is -4.29. The van der Waals surface area contributed by atoms with Crippen molar-refractivity contribution in [1.29, 1.82) is 0 Å². The zero-order valence-electron chi connectivity index (χ0n) is 23.4. The lowest BCUT2D eigenvalue weighted by Crippen LogP contribution is -2.52. The Morgan fingerprint density at radius 2 is 1.57 bits per heavy atom. The third-order valence-corrected chi connectivity index (χ3v) is 8.10.